The minimum absolute atomic E-state index is 0.0447. The van der Waals surface area contributed by atoms with E-state index < -0.39 is 26.5 Å². The van der Waals surface area contributed by atoms with Crippen LogP contribution in [0.25, 0.3) is 0 Å². The van der Waals surface area contributed by atoms with Crippen LogP contribution in [0.15, 0.2) is 134 Å². The summed E-state index contributed by atoms with van der Waals surface area (Å²) >= 11 is 0. The first-order valence-corrected chi connectivity index (χ1v) is 33.2. The molecule has 0 heterocycles. The van der Waals surface area contributed by atoms with Crippen LogP contribution in [0.2, 0.25) is 0 Å². The highest BCUT2D eigenvalue weighted by Crippen LogP contribution is 2.43. The number of carbonyl (C=O) groups excluding carboxylic acids is 2. The lowest BCUT2D eigenvalue weighted by Crippen LogP contribution is -2.29. The Morgan fingerprint density at radius 3 is 1.04 bits per heavy atom. The Labute approximate surface area is 484 Å². The Kier molecular flexibility index (Phi) is 60.2. The van der Waals surface area contributed by atoms with E-state index in [0.717, 1.165) is 109 Å². The number of esters is 2. The smallest absolute Gasteiger partial charge is 0.462 e. The second kappa shape index (κ2) is 63.3. The van der Waals surface area contributed by atoms with E-state index in [0.29, 0.717) is 6.42 Å². The monoisotopic (exact) mass is 1120 g/mol. The number of unbranched alkanes of at least 4 members (excludes halogenated alkanes) is 23. The number of rotatable bonds is 58. The summed E-state index contributed by atoms with van der Waals surface area (Å²) in [5.41, 5.74) is 5.39. The quantitative estimate of drug-likeness (QED) is 0.0264. The van der Waals surface area contributed by atoms with Gasteiger partial charge in [-0.2, -0.15) is 0 Å². The zero-order valence-corrected chi connectivity index (χ0v) is 51.2. The predicted octanol–water partition coefficient (Wildman–Crippen LogP) is 20.5. The summed E-state index contributed by atoms with van der Waals surface area (Å²) in [6, 6.07) is 0. The molecule has 10 heteroatoms. The SMILES string of the molecule is CC/C=C\C/C=C\C/C=C\C/C=C\C/C=C\C/C=C\C/C=C\C/C=C\C/C=C\CCCCCCCCCC(=O)OC(COC(=O)CCCCCCCCCCCCC/C=C\C/C=C\CCCCCCC)COP(=O)(O)OCCN. The standard InChI is InChI=1S/C69H116NO8P/c1-3-5-7-9-11-13-15-17-19-21-23-25-27-28-29-30-31-32-33-34-35-36-37-38-40-42-44-46-48-50-52-54-56-58-60-62-69(72)78-67(66-77-79(73,74)76-64-63-70)65-75-68(71)61-59-57-55-53-51-49-47-45-43-41-39-26-24-22-20-18-16-14-12-10-8-6-4-2/h5,7,11,13,16-19,22-25,28-29,31-32,34-35,37-38,42,44,67H,3-4,6,8-10,12,14-15,20-21,26-27,30,33,36,39-41,43,45-66,70H2,1-2H3,(H,73,74)/b7-5-,13-11-,18-16-,19-17-,24-22-,25-23-,29-28-,32-31-,35-34-,38-37-,44-42-. The normalized spacial score (nSPS) is 13.9. The molecule has 0 saturated carbocycles. The molecule has 0 saturated heterocycles. The van der Waals surface area contributed by atoms with E-state index in [-0.39, 0.29) is 38.6 Å². The number of carbonyl (C=O) groups is 2. The van der Waals surface area contributed by atoms with Gasteiger partial charge < -0.3 is 20.1 Å². The third-order valence-corrected chi connectivity index (χ3v) is 14.0. The van der Waals surface area contributed by atoms with Crippen molar-refractivity contribution in [3.63, 3.8) is 0 Å². The van der Waals surface area contributed by atoms with Crippen molar-refractivity contribution in [2.24, 2.45) is 5.73 Å². The van der Waals surface area contributed by atoms with Crippen molar-refractivity contribution in [1.82, 2.24) is 0 Å². The van der Waals surface area contributed by atoms with Gasteiger partial charge in [-0.1, -0.05) is 263 Å². The lowest BCUT2D eigenvalue weighted by molar-refractivity contribution is -0.161. The molecule has 0 bridgehead atoms. The van der Waals surface area contributed by atoms with Gasteiger partial charge in [-0.3, -0.25) is 18.6 Å². The molecule has 0 aromatic heterocycles. The van der Waals surface area contributed by atoms with E-state index in [1.807, 2.05) is 0 Å². The Morgan fingerprint density at radius 2 is 0.696 bits per heavy atom. The summed E-state index contributed by atoms with van der Waals surface area (Å²) < 4.78 is 33.1. The van der Waals surface area contributed by atoms with Crippen molar-refractivity contribution in [1.29, 1.82) is 0 Å². The molecule has 0 aromatic carbocycles. The molecule has 0 aliphatic heterocycles. The number of hydrogen-bond donors (Lipinski definition) is 2. The summed E-state index contributed by atoms with van der Waals surface area (Å²) in [4.78, 5) is 35.3. The average Bonchev–Trinajstić information content (AvgIpc) is 3.44. The van der Waals surface area contributed by atoms with Crippen molar-refractivity contribution >= 4 is 19.8 Å². The number of allylic oxidation sites excluding steroid dienone is 22. The first-order chi connectivity index (χ1) is 38.8. The molecule has 0 radical (unpaired) electrons. The van der Waals surface area contributed by atoms with Gasteiger partial charge in [0.15, 0.2) is 6.10 Å². The van der Waals surface area contributed by atoms with Crippen molar-refractivity contribution in [2.75, 3.05) is 26.4 Å². The maximum Gasteiger partial charge on any atom is 0.472 e. The topological polar surface area (TPSA) is 134 Å². The Morgan fingerprint density at radius 1 is 0.392 bits per heavy atom. The highest BCUT2D eigenvalue weighted by Gasteiger charge is 2.26. The van der Waals surface area contributed by atoms with Gasteiger partial charge in [0.2, 0.25) is 0 Å². The van der Waals surface area contributed by atoms with Crippen LogP contribution >= 0.6 is 7.82 Å². The molecule has 9 nitrogen and oxygen atoms in total. The minimum atomic E-state index is -4.40. The summed E-state index contributed by atoms with van der Waals surface area (Å²) in [7, 11) is -4.40. The molecule has 0 rings (SSSR count). The number of phosphoric ester groups is 1. The minimum Gasteiger partial charge on any atom is -0.462 e. The molecular formula is C69H116NO8P. The van der Waals surface area contributed by atoms with E-state index in [4.69, 9.17) is 24.3 Å². The average molecular weight is 1120 g/mol. The molecule has 3 N–H and O–H groups in total. The van der Waals surface area contributed by atoms with Crippen LogP contribution in [0.5, 0.6) is 0 Å². The Balaban J connectivity index is 4.02. The van der Waals surface area contributed by atoms with Crippen LogP contribution in [0, 0.1) is 0 Å². The largest absolute Gasteiger partial charge is 0.472 e. The van der Waals surface area contributed by atoms with Crippen molar-refractivity contribution < 1.29 is 37.6 Å². The molecule has 0 amide bonds. The van der Waals surface area contributed by atoms with Crippen LogP contribution in [-0.4, -0.2) is 49.3 Å². The maximum absolute atomic E-state index is 12.7. The van der Waals surface area contributed by atoms with E-state index in [1.165, 1.54) is 116 Å². The van der Waals surface area contributed by atoms with Gasteiger partial charge in [-0.25, -0.2) is 4.57 Å². The lowest BCUT2D eigenvalue weighted by Gasteiger charge is -2.19. The number of hydrogen-bond acceptors (Lipinski definition) is 8. The predicted molar refractivity (Wildman–Crippen MR) is 339 cm³/mol. The van der Waals surface area contributed by atoms with Gasteiger partial charge in [-0.15, -0.1) is 0 Å². The summed E-state index contributed by atoms with van der Waals surface area (Å²) in [6.07, 6.45) is 89.4. The van der Waals surface area contributed by atoms with Gasteiger partial charge in [0.25, 0.3) is 0 Å². The van der Waals surface area contributed by atoms with Crippen molar-refractivity contribution in [3.05, 3.63) is 134 Å². The molecule has 0 aliphatic rings. The van der Waals surface area contributed by atoms with Crippen molar-refractivity contribution in [2.45, 2.75) is 264 Å². The van der Waals surface area contributed by atoms with Gasteiger partial charge in [-0.05, 0) is 116 Å². The Bertz CT molecular complexity index is 1750. The second-order valence-electron chi connectivity index (χ2n) is 20.5. The molecule has 0 aliphatic carbocycles. The third-order valence-electron chi connectivity index (χ3n) is 13.0. The molecule has 0 fully saturated rings. The summed E-state index contributed by atoms with van der Waals surface area (Å²) in [6.45, 7) is 3.61. The van der Waals surface area contributed by atoms with E-state index in [1.54, 1.807) is 0 Å². The fourth-order valence-corrected chi connectivity index (χ4v) is 9.13. The molecule has 79 heavy (non-hydrogen) atoms. The third kappa shape index (κ3) is 63.2. The van der Waals surface area contributed by atoms with Crippen molar-refractivity contribution in [3.8, 4) is 0 Å². The number of phosphoric acid groups is 1. The molecule has 450 valence electrons. The van der Waals surface area contributed by atoms with Crippen LogP contribution in [0.1, 0.15) is 258 Å². The first-order valence-electron chi connectivity index (χ1n) is 31.7. The number of nitrogens with two attached hydrogens (primary N) is 1. The van der Waals surface area contributed by atoms with E-state index in [2.05, 4.69) is 148 Å². The molecule has 2 unspecified atom stereocenters. The van der Waals surface area contributed by atoms with Crippen LogP contribution < -0.4 is 5.73 Å². The highest BCUT2D eigenvalue weighted by atomic mass is 31.2. The number of ether oxygens (including phenoxy) is 2. The fraction of sp³-hybridized carbons (Fsp3) is 0.652. The summed E-state index contributed by atoms with van der Waals surface area (Å²) in [5.74, 6) is -0.847. The van der Waals surface area contributed by atoms with Gasteiger partial charge >= 0.3 is 19.8 Å². The van der Waals surface area contributed by atoms with E-state index >= 15 is 0 Å². The molecule has 0 spiro atoms. The zero-order valence-electron chi connectivity index (χ0n) is 50.3. The summed E-state index contributed by atoms with van der Waals surface area (Å²) in [5, 5.41) is 0. The van der Waals surface area contributed by atoms with Gasteiger partial charge in [0, 0.05) is 19.4 Å². The second-order valence-corrected chi connectivity index (χ2v) is 22.0. The van der Waals surface area contributed by atoms with Crippen LogP contribution in [0.3, 0.4) is 0 Å². The maximum atomic E-state index is 12.7. The van der Waals surface area contributed by atoms with E-state index in [9.17, 15) is 19.0 Å². The van der Waals surface area contributed by atoms with Crippen LogP contribution in [0.4, 0.5) is 0 Å². The highest BCUT2D eigenvalue weighted by molar-refractivity contribution is 7.47. The van der Waals surface area contributed by atoms with Crippen LogP contribution in [-0.2, 0) is 32.7 Å². The first kappa shape index (κ1) is 75.2. The Hall–Kier alpha value is -3.85. The molecular weight excluding hydrogens is 1000 g/mol. The lowest BCUT2D eigenvalue weighted by atomic mass is 10.0. The van der Waals surface area contributed by atoms with Gasteiger partial charge in [0.05, 0.1) is 13.2 Å². The zero-order chi connectivity index (χ0) is 57.3. The molecule has 0 aromatic rings. The van der Waals surface area contributed by atoms with Gasteiger partial charge in [0.1, 0.15) is 6.61 Å². The molecule has 2 atom stereocenters. The fourth-order valence-electron chi connectivity index (χ4n) is 8.36.